The van der Waals surface area contributed by atoms with Gasteiger partial charge in [0.25, 0.3) is 0 Å². The van der Waals surface area contributed by atoms with Crippen molar-refractivity contribution in [2.24, 2.45) is 0 Å². The van der Waals surface area contributed by atoms with Crippen molar-refractivity contribution in [1.82, 2.24) is 9.80 Å². The maximum absolute atomic E-state index is 3.71. The SMILES string of the molecule is Brc1cccc(NC2CCN(C3CCN(Cc4ccccc4)CC3)CC2)c1. The van der Waals surface area contributed by atoms with Crippen molar-refractivity contribution in [3.63, 3.8) is 0 Å². The van der Waals surface area contributed by atoms with Crippen LogP contribution in [0.4, 0.5) is 5.69 Å². The predicted molar refractivity (Wildman–Crippen MR) is 117 cm³/mol. The summed E-state index contributed by atoms with van der Waals surface area (Å²) < 4.78 is 1.15. The van der Waals surface area contributed by atoms with E-state index >= 15 is 0 Å². The summed E-state index contributed by atoms with van der Waals surface area (Å²) in [7, 11) is 0. The van der Waals surface area contributed by atoms with Gasteiger partial charge in [-0.05, 0) is 62.5 Å². The molecular formula is C23H30BrN3. The molecule has 0 unspecified atom stereocenters. The number of hydrogen-bond donors (Lipinski definition) is 1. The largest absolute Gasteiger partial charge is 0.382 e. The molecule has 0 radical (unpaired) electrons. The van der Waals surface area contributed by atoms with Crippen LogP contribution in [0.1, 0.15) is 31.2 Å². The molecule has 0 bridgehead atoms. The van der Waals surface area contributed by atoms with Gasteiger partial charge in [0.15, 0.2) is 0 Å². The van der Waals surface area contributed by atoms with Crippen molar-refractivity contribution >= 4 is 21.6 Å². The number of benzene rings is 2. The van der Waals surface area contributed by atoms with Gasteiger partial charge in [0, 0.05) is 41.9 Å². The van der Waals surface area contributed by atoms with E-state index in [1.165, 1.54) is 63.1 Å². The normalized spacial score (nSPS) is 20.6. The number of rotatable bonds is 5. The molecule has 2 aromatic carbocycles. The Balaban J connectivity index is 1.20. The zero-order valence-electron chi connectivity index (χ0n) is 16.0. The molecule has 0 amide bonds. The lowest BCUT2D eigenvalue weighted by atomic mass is 9.97. The second-order valence-corrected chi connectivity index (χ2v) is 8.87. The summed E-state index contributed by atoms with van der Waals surface area (Å²) in [5, 5.41) is 3.71. The van der Waals surface area contributed by atoms with Crippen LogP contribution in [-0.4, -0.2) is 48.1 Å². The molecule has 1 N–H and O–H groups in total. The van der Waals surface area contributed by atoms with Gasteiger partial charge in [0.1, 0.15) is 0 Å². The number of nitrogens with zero attached hydrogens (tertiary/aromatic N) is 2. The molecule has 3 nitrogen and oxygen atoms in total. The Hall–Kier alpha value is -1.36. The first kappa shape index (κ1) is 19.0. The van der Waals surface area contributed by atoms with E-state index < -0.39 is 0 Å². The van der Waals surface area contributed by atoms with Crippen LogP contribution in [0.15, 0.2) is 59.1 Å². The number of piperidine rings is 2. The fourth-order valence-electron chi connectivity index (χ4n) is 4.51. The highest BCUT2D eigenvalue weighted by Gasteiger charge is 2.28. The van der Waals surface area contributed by atoms with Crippen molar-refractivity contribution in [2.45, 2.75) is 44.3 Å². The lowest BCUT2D eigenvalue weighted by Crippen LogP contribution is -2.49. The van der Waals surface area contributed by atoms with Crippen LogP contribution in [0, 0.1) is 0 Å². The third-order valence-corrected chi connectivity index (χ3v) is 6.54. The molecule has 0 aromatic heterocycles. The van der Waals surface area contributed by atoms with Crippen LogP contribution in [-0.2, 0) is 6.54 Å². The highest BCUT2D eigenvalue weighted by atomic mass is 79.9. The van der Waals surface area contributed by atoms with Gasteiger partial charge in [-0.15, -0.1) is 0 Å². The van der Waals surface area contributed by atoms with Gasteiger partial charge < -0.3 is 10.2 Å². The molecule has 4 rings (SSSR count). The summed E-state index contributed by atoms with van der Waals surface area (Å²) in [5.74, 6) is 0. The third kappa shape index (κ3) is 5.34. The van der Waals surface area contributed by atoms with Crippen molar-refractivity contribution in [3.05, 3.63) is 64.6 Å². The van der Waals surface area contributed by atoms with Gasteiger partial charge in [-0.25, -0.2) is 0 Å². The first-order valence-corrected chi connectivity index (χ1v) is 11.1. The van der Waals surface area contributed by atoms with E-state index in [0.29, 0.717) is 6.04 Å². The molecule has 0 aliphatic carbocycles. The molecule has 2 saturated heterocycles. The molecule has 27 heavy (non-hydrogen) atoms. The summed E-state index contributed by atoms with van der Waals surface area (Å²) in [5.41, 5.74) is 2.67. The van der Waals surface area contributed by atoms with E-state index in [1.807, 2.05) is 0 Å². The highest BCUT2D eigenvalue weighted by molar-refractivity contribution is 9.10. The summed E-state index contributed by atoms with van der Waals surface area (Å²) in [6.07, 6.45) is 5.13. The van der Waals surface area contributed by atoms with Gasteiger partial charge in [0.05, 0.1) is 0 Å². The van der Waals surface area contributed by atoms with E-state index in [-0.39, 0.29) is 0 Å². The molecule has 0 spiro atoms. The quantitative estimate of drug-likeness (QED) is 0.724. The van der Waals surface area contributed by atoms with Gasteiger partial charge >= 0.3 is 0 Å². The third-order valence-electron chi connectivity index (χ3n) is 6.05. The molecule has 2 fully saturated rings. The Morgan fingerprint density at radius 2 is 1.59 bits per heavy atom. The zero-order valence-corrected chi connectivity index (χ0v) is 17.6. The van der Waals surface area contributed by atoms with Crippen LogP contribution in [0.25, 0.3) is 0 Å². The molecule has 0 atom stereocenters. The monoisotopic (exact) mass is 427 g/mol. The number of likely N-dealkylation sites (tertiary alicyclic amines) is 2. The Morgan fingerprint density at radius 3 is 2.30 bits per heavy atom. The molecule has 4 heteroatoms. The lowest BCUT2D eigenvalue weighted by Gasteiger charge is -2.42. The lowest BCUT2D eigenvalue weighted by molar-refractivity contribution is 0.0869. The topological polar surface area (TPSA) is 18.5 Å². The Morgan fingerprint density at radius 1 is 0.852 bits per heavy atom. The molecule has 2 aliphatic rings. The van der Waals surface area contributed by atoms with Crippen molar-refractivity contribution < 1.29 is 0 Å². The summed E-state index contributed by atoms with van der Waals surface area (Å²) in [4.78, 5) is 5.37. The minimum Gasteiger partial charge on any atom is -0.382 e. The van der Waals surface area contributed by atoms with Crippen LogP contribution in [0.5, 0.6) is 0 Å². The van der Waals surface area contributed by atoms with Gasteiger partial charge in [-0.2, -0.15) is 0 Å². The van der Waals surface area contributed by atoms with Gasteiger partial charge in [0.2, 0.25) is 0 Å². The van der Waals surface area contributed by atoms with Crippen LogP contribution in [0.3, 0.4) is 0 Å². The summed E-state index contributed by atoms with van der Waals surface area (Å²) in [6, 6.07) is 20.8. The van der Waals surface area contributed by atoms with E-state index in [0.717, 1.165) is 17.1 Å². The number of nitrogens with one attached hydrogen (secondary N) is 1. The Bertz CT molecular complexity index is 705. The van der Waals surface area contributed by atoms with Crippen LogP contribution >= 0.6 is 15.9 Å². The van der Waals surface area contributed by atoms with E-state index in [1.54, 1.807) is 0 Å². The number of anilines is 1. The fraction of sp³-hybridized carbons (Fsp3) is 0.478. The van der Waals surface area contributed by atoms with Crippen molar-refractivity contribution in [2.75, 3.05) is 31.5 Å². The number of hydrogen-bond acceptors (Lipinski definition) is 3. The van der Waals surface area contributed by atoms with Crippen molar-refractivity contribution in [1.29, 1.82) is 0 Å². The minimum absolute atomic E-state index is 0.605. The fourth-order valence-corrected chi connectivity index (χ4v) is 4.91. The molecule has 2 aliphatic heterocycles. The predicted octanol–water partition coefficient (Wildman–Crippen LogP) is 4.99. The summed E-state index contributed by atoms with van der Waals surface area (Å²) in [6.45, 7) is 6.03. The van der Waals surface area contributed by atoms with E-state index in [2.05, 4.69) is 85.6 Å². The standard InChI is InChI=1S/C23H30BrN3/c24-20-7-4-8-22(17-20)25-21-9-15-27(16-10-21)23-11-13-26(14-12-23)18-19-5-2-1-3-6-19/h1-8,17,21,23,25H,9-16,18H2. The first-order valence-electron chi connectivity index (χ1n) is 10.3. The maximum atomic E-state index is 3.71. The smallest absolute Gasteiger partial charge is 0.0353 e. The van der Waals surface area contributed by atoms with Crippen LogP contribution in [0.2, 0.25) is 0 Å². The second kappa shape index (κ2) is 9.22. The van der Waals surface area contributed by atoms with E-state index in [9.17, 15) is 0 Å². The molecule has 2 aromatic rings. The second-order valence-electron chi connectivity index (χ2n) is 7.96. The molecule has 144 valence electrons. The molecule has 0 saturated carbocycles. The molecule has 2 heterocycles. The highest BCUT2D eigenvalue weighted by Crippen LogP contribution is 2.24. The molecular weight excluding hydrogens is 398 g/mol. The van der Waals surface area contributed by atoms with E-state index in [4.69, 9.17) is 0 Å². The number of halogens is 1. The minimum atomic E-state index is 0.605. The Kier molecular flexibility index (Phi) is 6.48. The van der Waals surface area contributed by atoms with Gasteiger partial charge in [-0.1, -0.05) is 52.3 Å². The van der Waals surface area contributed by atoms with Crippen LogP contribution < -0.4 is 5.32 Å². The summed E-state index contributed by atoms with van der Waals surface area (Å²) >= 11 is 3.56. The zero-order chi connectivity index (χ0) is 18.5. The van der Waals surface area contributed by atoms with Gasteiger partial charge in [-0.3, -0.25) is 4.90 Å². The average Bonchev–Trinajstić information content (AvgIpc) is 2.70. The first-order chi connectivity index (χ1) is 13.3. The average molecular weight is 428 g/mol. The maximum Gasteiger partial charge on any atom is 0.0353 e. The van der Waals surface area contributed by atoms with Crippen molar-refractivity contribution in [3.8, 4) is 0 Å². The Labute approximate surface area is 171 Å².